The van der Waals surface area contributed by atoms with Crippen molar-refractivity contribution < 1.29 is 23.9 Å². The average molecular weight is 419 g/mol. The first kappa shape index (κ1) is 20.1. The SMILES string of the molecule is Cc1cc(C=C2C(=O)NC(=O)N(c3ccc(F)cc3)C2=O)c(C)n1-c1cccc(O)c1. The second-order valence-electron chi connectivity index (χ2n) is 7.12. The minimum Gasteiger partial charge on any atom is -0.508 e. The molecule has 2 aromatic carbocycles. The molecule has 1 aromatic heterocycles. The summed E-state index contributed by atoms with van der Waals surface area (Å²) >= 11 is 0. The van der Waals surface area contributed by atoms with Crippen LogP contribution in [0.25, 0.3) is 11.8 Å². The van der Waals surface area contributed by atoms with E-state index >= 15 is 0 Å². The van der Waals surface area contributed by atoms with E-state index in [0.29, 0.717) is 5.56 Å². The van der Waals surface area contributed by atoms with Crippen molar-refractivity contribution in [3.05, 3.63) is 82.9 Å². The van der Waals surface area contributed by atoms with Crippen LogP contribution in [-0.2, 0) is 9.59 Å². The van der Waals surface area contributed by atoms with Crippen LogP contribution in [0.5, 0.6) is 5.75 Å². The molecule has 1 aliphatic rings. The zero-order valence-corrected chi connectivity index (χ0v) is 16.7. The van der Waals surface area contributed by atoms with Gasteiger partial charge in [0.25, 0.3) is 11.8 Å². The lowest BCUT2D eigenvalue weighted by atomic mass is 10.1. The van der Waals surface area contributed by atoms with Gasteiger partial charge in [0.05, 0.1) is 5.69 Å². The van der Waals surface area contributed by atoms with Crippen LogP contribution >= 0.6 is 0 Å². The number of anilines is 1. The van der Waals surface area contributed by atoms with Crippen molar-refractivity contribution in [3.63, 3.8) is 0 Å². The molecular weight excluding hydrogens is 401 g/mol. The van der Waals surface area contributed by atoms with Gasteiger partial charge in [-0.2, -0.15) is 0 Å². The van der Waals surface area contributed by atoms with Crippen molar-refractivity contribution in [2.75, 3.05) is 4.90 Å². The Bertz CT molecular complexity index is 1260. The number of phenols is 1. The Labute approximate surface area is 177 Å². The van der Waals surface area contributed by atoms with Crippen molar-refractivity contribution in [1.82, 2.24) is 9.88 Å². The van der Waals surface area contributed by atoms with E-state index in [1.807, 2.05) is 24.5 Å². The van der Waals surface area contributed by atoms with Crippen LogP contribution in [0.2, 0.25) is 0 Å². The predicted molar refractivity (Wildman–Crippen MR) is 112 cm³/mol. The van der Waals surface area contributed by atoms with Crippen molar-refractivity contribution in [2.45, 2.75) is 13.8 Å². The highest BCUT2D eigenvalue weighted by Gasteiger charge is 2.37. The van der Waals surface area contributed by atoms with Gasteiger partial charge in [0, 0.05) is 23.1 Å². The predicted octanol–water partition coefficient (Wildman–Crippen LogP) is 3.61. The van der Waals surface area contributed by atoms with Crippen LogP contribution in [-0.4, -0.2) is 27.5 Å². The Morgan fingerprint density at radius 3 is 2.35 bits per heavy atom. The fraction of sp³-hybridized carbons (Fsp3) is 0.0870. The molecule has 0 spiro atoms. The number of hydrogen-bond donors (Lipinski definition) is 2. The Hall–Kier alpha value is -4.20. The van der Waals surface area contributed by atoms with E-state index in [-0.39, 0.29) is 17.0 Å². The standard InChI is InChI=1S/C23H18FN3O4/c1-13-10-15(14(2)26(13)18-4-3-5-19(28)12-18)11-20-21(29)25-23(31)27(22(20)30)17-8-6-16(24)7-9-17/h3-12,28H,1-2H3,(H,25,29,31). The third-order valence-corrected chi connectivity index (χ3v) is 5.04. The van der Waals surface area contributed by atoms with E-state index in [0.717, 1.165) is 34.1 Å². The zero-order chi connectivity index (χ0) is 22.3. The summed E-state index contributed by atoms with van der Waals surface area (Å²) in [5, 5.41) is 11.9. The number of amides is 4. The fourth-order valence-corrected chi connectivity index (χ4v) is 3.60. The molecule has 2 N–H and O–H groups in total. The number of aryl methyl sites for hydroxylation is 1. The number of nitrogens with zero attached hydrogens (tertiary/aromatic N) is 2. The number of benzene rings is 2. The highest BCUT2D eigenvalue weighted by molar-refractivity contribution is 6.39. The summed E-state index contributed by atoms with van der Waals surface area (Å²) in [5.41, 5.74) is 2.81. The number of urea groups is 1. The maximum Gasteiger partial charge on any atom is 0.335 e. The topological polar surface area (TPSA) is 91.6 Å². The molecule has 156 valence electrons. The highest BCUT2D eigenvalue weighted by atomic mass is 19.1. The second-order valence-corrected chi connectivity index (χ2v) is 7.12. The molecular formula is C23H18FN3O4. The molecule has 8 heteroatoms. The quantitative estimate of drug-likeness (QED) is 0.501. The van der Waals surface area contributed by atoms with Crippen molar-refractivity contribution in [2.24, 2.45) is 0 Å². The summed E-state index contributed by atoms with van der Waals surface area (Å²) in [5.74, 6) is -2.02. The lowest BCUT2D eigenvalue weighted by Gasteiger charge is -2.26. The molecule has 3 aromatic rings. The van der Waals surface area contributed by atoms with Gasteiger partial charge in [0.15, 0.2) is 0 Å². The fourth-order valence-electron chi connectivity index (χ4n) is 3.60. The molecule has 0 aliphatic carbocycles. The number of barbiturate groups is 1. The third-order valence-electron chi connectivity index (χ3n) is 5.04. The Kier molecular flexibility index (Phi) is 4.90. The van der Waals surface area contributed by atoms with E-state index in [1.54, 1.807) is 24.3 Å². The molecule has 0 bridgehead atoms. The minimum atomic E-state index is -0.899. The highest BCUT2D eigenvalue weighted by Crippen LogP contribution is 2.27. The van der Waals surface area contributed by atoms with Crippen molar-refractivity contribution in [3.8, 4) is 11.4 Å². The number of aromatic hydroxyl groups is 1. The Balaban J connectivity index is 1.76. The number of carbonyl (C=O) groups excluding carboxylic acids is 3. The molecule has 4 rings (SSSR count). The van der Waals surface area contributed by atoms with Crippen LogP contribution < -0.4 is 10.2 Å². The smallest absolute Gasteiger partial charge is 0.335 e. The summed E-state index contributed by atoms with van der Waals surface area (Å²) in [4.78, 5) is 38.5. The van der Waals surface area contributed by atoms with Gasteiger partial charge in [0.2, 0.25) is 0 Å². The van der Waals surface area contributed by atoms with Crippen LogP contribution in [0.15, 0.2) is 60.2 Å². The van der Waals surface area contributed by atoms with Gasteiger partial charge in [-0.15, -0.1) is 0 Å². The van der Waals surface area contributed by atoms with Crippen LogP contribution in [0.4, 0.5) is 14.9 Å². The molecule has 7 nitrogen and oxygen atoms in total. The van der Waals surface area contributed by atoms with E-state index in [4.69, 9.17) is 0 Å². The summed E-state index contributed by atoms with van der Waals surface area (Å²) in [7, 11) is 0. The van der Waals surface area contributed by atoms with Gasteiger partial charge in [-0.1, -0.05) is 6.07 Å². The average Bonchev–Trinajstić information content (AvgIpc) is 2.99. The summed E-state index contributed by atoms with van der Waals surface area (Å²) in [6.07, 6.45) is 1.42. The molecule has 0 atom stereocenters. The second kappa shape index (κ2) is 7.56. The first-order chi connectivity index (χ1) is 14.8. The number of imide groups is 2. The minimum absolute atomic E-state index is 0.111. The van der Waals surface area contributed by atoms with Crippen LogP contribution in [0, 0.1) is 19.7 Å². The summed E-state index contributed by atoms with van der Waals surface area (Å²) in [6, 6.07) is 12.4. The lowest BCUT2D eigenvalue weighted by molar-refractivity contribution is -0.122. The monoisotopic (exact) mass is 419 g/mol. The molecule has 1 aliphatic heterocycles. The number of hydrogen-bond acceptors (Lipinski definition) is 4. The Morgan fingerprint density at radius 2 is 1.68 bits per heavy atom. The zero-order valence-electron chi connectivity index (χ0n) is 16.7. The van der Waals surface area contributed by atoms with Crippen molar-refractivity contribution >= 4 is 29.6 Å². The molecule has 1 fully saturated rings. The molecule has 1 saturated heterocycles. The van der Waals surface area contributed by atoms with Gasteiger partial charge in [0.1, 0.15) is 17.1 Å². The van der Waals surface area contributed by atoms with Gasteiger partial charge < -0.3 is 9.67 Å². The van der Waals surface area contributed by atoms with E-state index < -0.39 is 23.7 Å². The normalized spacial score (nSPS) is 15.5. The first-order valence-corrected chi connectivity index (χ1v) is 9.41. The molecule has 31 heavy (non-hydrogen) atoms. The summed E-state index contributed by atoms with van der Waals surface area (Å²) < 4.78 is 15.1. The van der Waals surface area contributed by atoms with Gasteiger partial charge in [-0.05, 0) is 68.0 Å². The number of nitrogens with one attached hydrogen (secondary N) is 1. The first-order valence-electron chi connectivity index (χ1n) is 9.41. The van der Waals surface area contributed by atoms with Gasteiger partial charge >= 0.3 is 6.03 Å². The van der Waals surface area contributed by atoms with Crippen molar-refractivity contribution in [1.29, 1.82) is 0 Å². The van der Waals surface area contributed by atoms with E-state index in [2.05, 4.69) is 5.32 Å². The molecule has 4 amide bonds. The number of halogens is 1. The number of rotatable bonds is 3. The van der Waals surface area contributed by atoms with E-state index in [1.165, 1.54) is 18.2 Å². The number of aromatic nitrogens is 1. The van der Waals surface area contributed by atoms with Crippen LogP contribution in [0.3, 0.4) is 0 Å². The maximum absolute atomic E-state index is 13.2. The third kappa shape index (κ3) is 3.59. The molecule has 2 heterocycles. The largest absolute Gasteiger partial charge is 0.508 e. The molecule has 0 saturated carbocycles. The van der Waals surface area contributed by atoms with Gasteiger partial charge in [-0.3, -0.25) is 14.9 Å². The maximum atomic E-state index is 13.2. The number of phenolic OH excluding ortho intramolecular Hbond substituents is 1. The number of carbonyl (C=O) groups is 3. The Morgan fingerprint density at radius 1 is 0.968 bits per heavy atom. The van der Waals surface area contributed by atoms with Crippen LogP contribution in [0.1, 0.15) is 17.0 Å². The van der Waals surface area contributed by atoms with E-state index in [9.17, 15) is 23.9 Å². The lowest BCUT2D eigenvalue weighted by Crippen LogP contribution is -2.54. The summed E-state index contributed by atoms with van der Waals surface area (Å²) in [6.45, 7) is 3.67. The molecule has 0 radical (unpaired) electrons. The van der Waals surface area contributed by atoms with Gasteiger partial charge in [-0.25, -0.2) is 14.1 Å². The molecule has 0 unspecified atom stereocenters.